The number of H-pyrrole nitrogens is 1. The summed E-state index contributed by atoms with van der Waals surface area (Å²) in [7, 11) is 0. The van der Waals surface area contributed by atoms with Gasteiger partial charge in [0.2, 0.25) is 0 Å². The SMILES string of the molecule is [2H]c1[nH]c2ccc(Br)cc2c1[2H]. The summed E-state index contributed by atoms with van der Waals surface area (Å²) in [4.78, 5) is 2.81. The van der Waals surface area contributed by atoms with Gasteiger partial charge in [-0.25, -0.2) is 0 Å². The Bertz CT molecular complexity index is 436. The molecule has 10 heavy (non-hydrogen) atoms. The molecule has 1 nitrogen and oxygen atoms in total. The Labute approximate surface area is 70.0 Å². The van der Waals surface area contributed by atoms with E-state index in [2.05, 4.69) is 20.9 Å². The predicted molar refractivity (Wildman–Crippen MR) is 46.0 cm³/mol. The van der Waals surface area contributed by atoms with Crippen molar-refractivity contribution < 1.29 is 2.74 Å². The second kappa shape index (κ2) is 2.13. The Kier molecular flexibility index (Phi) is 0.892. The third-order valence-corrected chi connectivity index (χ3v) is 1.87. The largest absolute Gasteiger partial charge is 0.361 e. The molecule has 2 heteroatoms. The zero-order valence-electron chi connectivity index (χ0n) is 7.11. The molecular formula is C8H6BrN. The van der Waals surface area contributed by atoms with Gasteiger partial charge in [-0.3, -0.25) is 0 Å². The molecule has 50 valence electrons. The summed E-state index contributed by atoms with van der Waals surface area (Å²) in [5.41, 5.74) is 0.841. The summed E-state index contributed by atoms with van der Waals surface area (Å²) in [5, 5.41) is 0.786. The highest BCUT2D eigenvalue weighted by atomic mass is 79.9. The first-order valence-corrected chi connectivity index (χ1v) is 3.72. The first-order chi connectivity index (χ1) is 5.68. The van der Waals surface area contributed by atoms with Crippen LogP contribution in [0.3, 0.4) is 0 Å². The summed E-state index contributed by atoms with van der Waals surface area (Å²) < 4.78 is 15.8. The third kappa shape index (κ3) is 0.847. The van der Waals surface area contributed by atoms with Gasteiger partial charge in [0, 0.05) is 21.5 Å². The Balaban J connectivity index is 2.88. The molecule has 0 aliphatic heterocycles. The number of rotatable bonds is 0. The average molecular weight is 198 g/mol. The van der Waals surface area contributed by atoms with Gasteiger partial charge in [0.15, 0.2) is 0 Å². The van der Waals surface area contributed by atoms with Crippen molar-refractivity contribution in [3.05, 3.63) is 34.9 Å². The van der Waals surface area contributed by atoms with Crippen molar-refractivity contribution in [2.75, 3.05) is 0 Å². The standard InChI is InChI=1S/C8H6BrN/c9-7-1-2-8-6(5-7)3-4-10-8/h1-5,10H/i3D,4D. The first kappa shape index (κ1) is 4.19. The van der Waals surface area contributed by atoms with Crippen molar-refractivity contribution in [3.63, 3.8) is 0 Å². The predicted octanol–water partition coefficient (Wildman–Crippen LogP) is 2.93. The number of aromatic amines is 1. The lowest BCUT2D eigenvalue weighted by Crippen LogP contribution is -1.65. The monoisotopic (exact) mass is 197 g/mol. The molecule has 0 fully saturated rings. The second-order valence-corrected chi connectivity index (χ2v) is 2.98. The quantitative estimate of drug-likeness (QED) is 0.669. The fraction of sp³-hybridized carbons (Fsp3) is 0. The minimum atomic E-state index is 0.170. The molecule has 1 aromatic heterocycles. The fourth-order valence-electron chi connectivity index (χ4n) is 0.895. The number of aromatic nitrogens is 1. The summed E-state index contributed by atoms with van der Waals surface area (Å²) in [5.74, 6) is 0. The van der Waals surface area contributed by atoms with Crippen LogP contribution in [0.15, 0.2) is 34.9 Å². The maximum absolute atomic E-state index is 7.53. The van der Waals surface area contributed by atoms with Gasteiger partial charge in [-0.15, -0.1) is 0 Å². The van der Waals surface area contributed by atoms with Gasteiger partial charge >= 0.3 is 0 Å². The van der Waals surface area contributed by atoms with Gasteiger partial charge in [-0.2, -0.15) is 0 Å². The Morgan fingerprint density at radius 2 is 2.40 bits per heavy atom. The van der Waals surface area contributed by atoms with E-state index in [9.17, 15) is 0 Å². The number of benzene rings is 1. The molecule has 0 aliphatic carbocycles. The lowest BCUT2D eigenvalue weighted by molar-refractivity contribution is 1.48. The zero-order valence-corrected chi connectivity index (χ0v) is 6.70. The normalized spacial score (nSPS) is 13.3. The molecule has 0 radical (unpaired) electrons. The van der Waals surface area contributed by atoms with E-state index in [-0.39, 0.29) is 12.2 Å². The van der Waals surface area contributed by atoms with E-state index in [1.165, 1.54) is 0 Å². The fourth-order valence-corrected chi connectivity index (χ4v) is 1.26. The van der Waals surface area contributed by atoms with Crippen molar-refractivity contribution in [1.29, 1.82) is 0 Å². The van der Waals surface area contributed by atoms with Gasteiger partial charge in [0.25, 0.3) is 0 Å². The smallest absolute Gasteiger partial charge is 0.0816 e. The Morgan fingerprint density at radius 3 is 3.30 bits per heavy atom. The topological polar surface area (TPSA) is 15.8 Å². The molecule has 0 aliphatic rings. The molecule has 0 saturated heterocycles. The van der Waals surface area contributed by atoms with Gasteiger partial charge in [0.05, 0.1) is 2.74 Å². The van der Waals surface area contributed by atoms with Crippen molar-refractivity contribution in [2.45, 2.75) is 0 Å². The van der Waals surface area contributed by atoms with Crippen LogP contribution in [0.4, 0.5) is 0 Å². The minimum Gasteiger partial charge on any atom is -0.361 e. The van der Waals surface area contributed by atoms with Crippen molar-refractivity contribution >= 4 is 26.8 Å². The molecule has 0 atom stereocenters. The lowest BCUT2D eigenvalue weighted by atomic mass is 10.3. The number of hydrogen-bond donors (Lipinski definition) is 1. The lowest BCUT2D eigenvalue weighted by Gasteiger charge is -1.88. The molecule has 0 unspecified atom stereocenters. The molecular weight excluding hydrogens is 190 g/mol. The maximum atomic E-state index is 7.53. The first-order valence-electron chi connectivity index (χ1n) is 3.93. The second-order valence-electron chi connectivity index (χ2n) is 2.06. The molecule has 0 saturated carbocycles. The van der Waals surface area contributed by atoms with Crippen LogP contribution < -0.4 is 0 Å². The summed E-state index contributed by atoms with van der Waals surface area (Å²) >= 11 is 3.32. The van der Waals surface area contributed by atoms with Gasteiger partial charge in [-0.1, -0.05) is 15.9 Å². The molecule has 1 N–H and O–H groups in total. The number of nitrogens with one attached hydrogen (secondary N) is 1. The van der Waals surface area contributed by atoms with Crippen LogP contribution in [0, 0.1) is 0 Å². The number of halogens is 1. The van der Waals surface area contributed by atoms with Gasteiger partial charge in [-0.05, 0) is 24.2 Å². The van der Waals surface area contributed by atoms with Crippen LogP contribution in [0.2, 0.25) is 0 Å². The molecule has 0 bridgehead atoms. The van der Waals surface area contributed by atoms with E-state index >= 15 is 0 Å². The highest BCUT2D eigenvalue weighted by molar-refractivity contribution is 9.10. The van der Waals surface area contributed by atoms with Crippen LogP contribution in [-0.2, 0) is 0 Å². The summed E-state index contributed by atoms with van der Waals surface area (Å²) in [6.07, 6.45) is 0.170. The average Bonchev–Trinajstić information content (AvgIpc) is 2.31. The van der Waals surface area contributed by atoms with Crippen LogP contribution in [-0.4, -0.2) is 4.98 Å². The van der Waals surface area contributed by atoms with Crippen molar-refractivity contribution in [3.8, 4) is 0 Å². The Hall–Kier alpha value is -0.760. The third-order valence-electron chi connectivity index (χ3n) is 1.38. The van der Waals surface area contributed by atoms with E-state index < -0.39 is 0 Å². The maximum Gasteiger partial charge on any atom is 0.0816 e. The van der Waals surface area contributed by atoms with E-state index in [1.807, 2.05) is 18.2 Å². The molecule has 0 spiro atoms. The Morgan fingerprint density at radius 1 is 1.50 bits per heavy atom. The van der Waals surface area contributed by atoms with Crippen molar-refractivity contribution in [2.24, 2.45) is 0 Å². The van der Waals surface area contributed by atoms with Crippen LogP contribution in [0.5, 0.6) is 0 Å². The number of hydrogen-bond acceptors (Lipinski definition) is 0. The van der Waals surface area contributed by atoms with Crippen molar-refractivity contribution in [1.82, 2.24) is 4.98 Å². The van der Waals surface area contributed by atoms with E-state index in [0.29, 0.717) is 0 Å². The highest BCUT2D eigenvalue weighted by Crippen LogP contribution is 2.17. The molecule has 2 aromatic rings. The molecule has 1 aromatic carbocycles. The number of fused-ring (bicyclic) bond motifs is 1. The zero-order chi connectivity index (χ0) is 8.72. The van der Waals surface area contributed by atoms with E-state index in [1.54, 1.807) is 0 Å². The van der Waals surface area contributed by atoms with Crippen LogP contribution in [0.25, 0.3) is 10.9 Å². The van der Waals surface area contributed by atoms with Crippen LogP contribution in [0.1, 0.15) is 2.74 Å². The van der Waals surface area contributed by atoms with Crippen LogP contribution >= 0.6 is 15.9 Å². The molecule has 1 heterocycles. The molecule has 0 amide bonds. The summed E-state index contributed by atoms with van der Waals surface area (Å²) in [6, 6.07) is 5.84. The molecule has 2 rings (SSSR count). The summed E-state index contributed by atoms with van der Waals surface area (Å²) in [6.45, 7) is 0. The minimum absolute atomic E-state index is 0.170. The van der Waals surface area contributed by atoms with E-state index in [4.69, 9.17) is 2.74 Å². The van der Waals surface area contributed by atoms with Gasteiger partial charge < -0.3 is 4.98 Å². The van der Waals surface area contributed by atoms with E-state index in [0.717, 1.165) is 15.4 Å². The highest BCUT2D eigenvalue weighted by Gasteiger charge is 1.92. The van der Waals surface area contributed by atoms with Gasteiger partial charge in [0.1, 0.15) is 0 Å².